The van der Waals surface area contributed by atoms with Crippen molar-refractivity contribution < 1.29 is 22.5 Å². The second-order valence-electron chi connectivity index (χ2n) is 6.55. The lowest BCUT2D eigenvalue weighted by Crippen LogP contribution is -2.41. The van der Waals surface area contributed by atoms with Crippen LogP contribution in [0.25, 0.3) is 5.57 Å². The molecular weight excluding hydrogens is 292 g/mol. The van der Waals surface area contributed by atoms with Gasteiger partial charge < -0.3 is 9.31 Å². The van der Waals surface area contributed by atoms with Gasteiger partial charge in [-0.1, -0.05) is 23.7 Å². The first-order valence-corrected chi connectivity index (χ1v) is 7.14. The zero-order valence-corrected chi connectivity index (χ0v) is 13.4. The normalized spacial score (nSPS) is 21.3. The average Bonchev–Trinajstić information content (AvgIpc) is 2.56. The molecule has 1 saturated heterocycles. The Labute approximate surface area is 129 Å². The van der Waals surface area contributed by atoms with E-state index in [1.165, 1.54) is 12.1 Å². The van der Waals surface area contributed by atoms with Gasteiger partial charge in [0.25, 0.3) is 0 Å². The third-order valence-corrected chi connectivity index (χ3v) is 4.33. The molecule has 22 heavy (non-hydrogen) atoms. The molecule has 0 amide bonds. The zero-order valence-electron chi connectivity index (χ0n) is 13.4. The van der Waals surface area contributed by atoms with Crippen LogP contribution < -0.4 is 0 Å². The lowest BCUT2D eigenvalue weighted by Gasteiger charge is -2.32. The molecule has 0 aromatic heterocycles. The number of allylic oxidation sites excluding steroid dienone is 1. The predicted octanol–water partition coefficient (Wildman–Crippen LogP) is 4.74. The van der Waals surface area contributed by atoms with Crippen LogP contribution in [0, 0.1) is 0 Å². The van der Waals surface area contributed by atoms with Crippen LogP contribution in [-0.2, 0) is 15.5 Å². The van der Waals surface area contributed by atoms with Crippen molar-refractivity contribution in [2.45, 2.75) is 52.0 Å². The molecule has 0 N–H and O–H groups in total. The summed E-state index contributed by atoms with van der Waals surface area (Å²) in [6.45, 7) is 9.64. The molecule has 0 saturated carbocycles. The van der Waals surface area contributed by atoms with Crippen molar-refractivity contribution in [1.82, 2.24) is 0 Å². The molecule has 0 radical (unpaired) electrons. The standard InChI is InChI=1S/C16H20BF3O2/c1-11(10-17-21-14(2,3)15(4,5)22-17)12-6-8-13(9-7-12)16(18,19)20/h6-10H,1-5H3/b11-10-. The van der Waals surface area contributed by atoms with Crippen molar-refractivity contribution in [2.24, 2.45) is 0 Å². The maximum Gasteiger partial charge on any atom is 0.487 e. The highest BCUT2D eigenvalue weighted by molar-refractivity contribution is 6.53. The van der Waals surface area contributed by atoms with Gasteiger partial charge in [-0.05, 0) is 52.3 Å². The maximum atomic E-state index is 12.6. The van der Waals surface area contributed by atoms with Gasteiger partial charge in [0.05, 0.1) is 16.8 Å². The van der Waals surface area contributed by atoms with Crippen LogP contribution in [0.3, 0.4) is 0 Å². The summed E-state index contributed by atoms with van der Waals surface area (Å²) in [4.78, 5) is 0. The molecule has 1 fully saturated rings. The second kappa shape index (κ2) is 5.42. The van der Waals surface area contributed by atoms with E-state index in [0.29, 0.717) is 5.56 Å². The van der Waals surface area contributed by atoms with Crippen LogP contribution in [0.2, 0.25) is 0 Å². The Hall–Kier alpha value is -1.27. The molecule has 0 atom stereocenters. The highest BCUT2D eigenvalue weighted by Crippen LogP contribution is 2.37. The molecule has 6 heteroatoms. The van der Waals surface area contributed by atoms with E-state index in [4.69, 9.17) is 9.31 Å². The van der Waals surface area contributed by atoms with Crippen molar-refractivity contribution in [2.75, 3.05) is 0 Å². The van der Waals surface area contributed by atoms with E-state index in [9.17, 15) is 13.2 Å². The molecule has 2 nitrogen and oxygen atoms in total. The van der Waals surface area contributed by atoms with Gasteiger partial charge in [0.2, 0.25) is 0 Å². The summed E-state index contributed by atoms with van der Waals surface area (Å²) in [5.74, 6) is 1.79. The van der Waals surface area contributed by atoms with E-state index >= 15 is 0 Å². The minimum absolute atomic E-state index is 0.436. The molecule has 0 bridgehead atoms. The van der Waals surface area contributed by atoms with E-state index in [-0.39, 0.29) is 0 Å². The van der Waals surface area contributed by atoms with E-state index in [1.807, 2.05) is 34.6 Å². The number of hydrogen-bond donors (Lipinski definition) is 0. The minimum Gasteiger partial charge on any atom is -0.400 e. The van der Waals surface area contributed by atoms with Gasteiger partial charge in [0.1, 0.15) is 0 Å². The van der Waals surface area contributed by atoms with Gasteiger partial charge >= 0.3 is 13.3 Å². The largest absolute Gasteiger partial charge is 0.487 e. The Bertz CT molecular complexity index is 558. The van der Waals surface area contributed by atoms with E-state index in [2.05, 4.69) is 0 Å². The summed E-state index contributed by atoms with van der Waals surface area (Å²) >= 11 is 0. The highest BCUT2D eigenvalue weighted by atomic mass is 19.4. The zero-order chi connectivity index (χ0) is 16.8. The molecule has 120 valence electrons. The number of rotatable bonds is 2. The van der Waals surface area contributed by atoms with Gasteiger partial charge in [-0.15, -0.1) is 0 Å². The average molecular weight is 312 g/mol. The monoisotopic (exact) mass is 312 g/mol. The van der Waals surface area contributed by atoms with Crippen molar-refractivity contribution >= 4 is 12.7 Å². The summed E-state index contributed by atoms with van der Waals surface area (Å²) in [6, 6.07) is 5.08. The van der Waals surface area contributed by atoms with E-state index in [1.54, 1.807) is 5.98 Å². The van der Waals surface area contributed by atoms with Gasteiger partial charge in [0, 0.05) is 0 Å². The van der Waals surface area contributed by atoms with Crippen LogP contribution in [0.15, 0.2) is 30.2 Å². The third-order valence-electron chi connectivity index (χ3n) is 4.33. The smallest absolute Gasteiger partial charge is 0.400 e. The lowest BCUT2D eigenvalue weighted by atomic mass is 9.85. The molecule has 1 aromatic carbocycles. The third kappa shape index (κ3) is 3.38. The van der Waals surface area contributed by atoms with Crippen molar-refractivity contribution in [3.8, 4) is 0 Å². The molecule has 1 heterocycles. The SMILES string of the molecule is C/C(=C/B1OC(C)(C)C(C)(C)O1)c1ccc(C(F)(F)F)cc1. The van der Waals surface area contributed by atoms with Gasteiger partial charge in [-0.3, -0.25) is 0 Å². The fraction of sp³-hybridized carbons (Fsp3) is 0.500. The topological polar surface area (TPSA) is 18.5 Å². The number of halogens is 3. The maximum absolute atomic E-state index is 12.6. The van der Waals surface area contributed by atoms with E-state index < -0.39 is 30.1 Å². The van der Waals surface area contributed by atoms with Crippen molar-refractivity contribution in [3.63, 3.8) is 0 Å². The quantitative estimate of drug-likeness (QED) is 0.734. The van der Waals surface area contributed by atoms with Gasteiger partial charge in [0.15, 0.2) is 0 Å². The summed E-state index contributed by atoms with van der Waals surface area (Å²) < 4.78 is 49.4. The predicted molar refractivity (Wildman–Crippen MR) is 81.2 cm³/mol. The summed E-state index contributed by atoms with van der Waals surface area (Å²) in [5, 5.41) is 0. The van der Waals surface area contributed by atoms with Gasteiger partial charge in [-0.25, -0.2) is 0 Å². The molecule has 1 aliphatic rings. The van der Waals surface area contributed by atoms with Crippen LogP contribution >= 0.6 is 0 Å². The van der Waals surface area contributed by atoms with Crippen LogP contribution in [0.1, 0.15) is 45.7 Å². The highest BCUT2D eigenvalue weighted by Gasteiger charge is 2.50. The Balaban J connectivity index is 2.17. The number of benzene rings is 1. The fourth-order valence-electron chi connectivity index (χ4n) is 2.18. The van der Waals surface area contributed by atoms with Crippen molar-refractivity contribution in [1.29, 1.82) is 0 Å². The molecule has 1 aromatic rings. The minimum atomic E-state index is -4.32. The summed E-state index contributed by atoms with van der Waals surface area (Å²) in [6.07, 6.45) is -4.32. The fourth-order valence-corrected chi connectivity index (χ4v) is 2.18. The lowest BCUT2D eigenvalue weighted by molar-refractivity contribution is -0.137. The number of hydrogen-bond acceptors (Lipinski definition) is 2. The first-order valence-electron chi connectivity index (χ1n) is 7.14. The van der Waals surface area contributed by atoms with Crippen molar-refractivity contribution in [3.05, 3.63) is 41.4 Å². The first kappa shape index (κ1) is 17.1. The first-order chi connectivity index (χ1) is 9.92. The number of alkyl halides is 3. The Morgan fingerprint density at radius 1 is 1.00 bits per heavy atom. The van der Waals surface area contributed by atoms with Crippen LogP contribution in [-0.4, -0.2) is 18.3 Å². The Kier molecular flexibility index (Phi) is 4.21. The van der Waals surface area contributed by atoms with Crippen LogP contribution in [0.5, 0.6) is 0 Å². The molecule has 2 rings (SSSR count). The second-order valence-corrected chi connectivity index (χ2v) is 6.55. The van der Waals surface area contributed by atoms with Crippen LogP contribution in [0.4, 0.5) is 13.2 Å². The van der Waals surface area contributed by atoms with Gasteiger partial charge in [-0.2, -0.15) is 13.2 Å². The Morgan fingerprint density at radius 2 is 1.45 bits per heavy atom. The molecule has 1 aliphatic heterocycles. The van der Waals surface area contributed by atoms with E-state index in [0.717, 1.165) is 17.7 Å². The summed E-state index contributed by atoms with van der Waals surface area (Å²) in [5.41, 5.74) is -0.00183. The molecule has 0 aliphatic carbocycles. The Morgan fingerprint density at radius 3 is 1.86 bits per heavy atom. The molecular formula is C16H20BF3O2. The molecule has 0 spiro atoms. The molecule has 0 unspecified atom stereocenters. The summed E-state index contributed by atoms with van der Waals surface area (Å²) in [7, 11) is -0.507.